The number of rotatable bonds is 9. The lowest BCUT2D eigenvalue weighted by atomic mass is 9.96. The molecule has 0 N–H and O–H groups in total. The second-order valence-corrected chi connectivity index (χ2v) is 4.31. The van der Waals surface area contributed by atoms with Crippen molar-refractivity contribution in [2.24, 2.45) is 5.92 Å². The zero-order chi connectivity index (χ0) is 11.5. The predicted molar refractivity (Wildman–Crippen MR) is 63.8 cm³/mol. The molecule has 0 fully saturated rings. The van der Waals surface area contributed by atoms with E-state index in [-0.39, 0.29) is 5.97 Å². The van der Waals surface area contributed by atoms with E-state index < -0.39 is 0 Å². The highest BCUT2D eigenvalue weighted by Crippen LogP contribution is 2.17. The van der Waals surface area contributed by atoms with Gasteiger partial charge < -0.3 is 4.74 Å². The summed E-state index contributed by atoms with van der Waals surface area (Å²) in [6.45, 7) is 6.53. The number of carbonyl (C=O) groups excluding carboxylic acids is 1. The van der Waals surface area contributed by atoms with Gasteiger partial charge in [-0.2, -0.15) is 0 Å². The van der Waals surface area contributed by atoms with Crippen LogP contribution in [0.5, 0.6) is 0 Å². The van der Waals surface area contributed by atoms with Gasteiger partial charge in [-0.25, -0.2) is 0 Å². The van der Waals surface area contributed by atoms with Crippen LogP contribution in [0.15, 0.2) is 0 Å². The van der Waals surface area contributed by atoms with Gasteiger partial charge in [0.05, 0.1) is 6.61 Å². The Balaban J connectivity index is 3.67. The van der Waals surface area contributed by atoms with Crippen molar-refractivity contribution in [1.82, 2.24) is 0 Å². The summed E-state index contributed by atoms with van der Waals surface area (Å²) in [4.78, 5) is 10.7. The molecule has 0 heterocycles. The Hall–Kier alpha value is -0.530. The van der Waals surface area contributed by atoms with Gasteiger partial charge in [0.15, 0.2) is 0 Å². The summed E-state index contributed by atoms with van der Waals surface area (Å²) in [7, 11) is 0. The molecule has 2 heteroatoms. The minimum absolute atomic E-state index is 0.146. The van der Waals surface area contributed by atoms with Crippen LogP contribution in [0.2, 0.25) is 0 Å². The molecule has 90 valence electrons. The molecule has 0 aromatic carbocycles. The van der Waals surface area contributed by atoms with Crippen molar-refractivity contribution in [3.05, 3.63) is 0 Å². The molecule has 2 nitrogen and oxygen atoms in total. The molecule has 15 heavy (non-hydrogen) atoms. The van der Waals surface area contributed by atoms with Crippen molar-refractivity contribution in [3.8, 4) is 0 Å². The van der Waals surface area contributed by atoms with Crippen molar-refractivity contribution in [2.75, 3.05) is 6.61 Å². The van der Waals surface area contributed by atoms with E-state index in [0.29, 0.717) is 12.5 Å². The third-order valence-electron chi connectivity index (χ3n) is 2.70. The number of ether oxygens (including phenoxy) is 1. The minimum atomic E-state index is -0.146. The molecule has 0 spiro atoms. The lowest BCUT2D eigenvalue weighted by molar-refractivity contribution is -0.142. The average Bonchev–Trinajstić information content (AvgIpc) is 2.21. The van der Waals surface area contributed by atoms with Crippen molar-refractivity contribution >= 4 is 5.97 Å². The third-order valence-corrected chi connectivity index (χ3v) is 2.70. The van der Waals surface area contributed by atoms with Crippen LogP contribution in [0.1, 0.15) is 65.7 Å². The van der Waals surface area contributed by atoms with E-state index in [9.17, 15) is 4.79 Å². The van der Waals surface area contributed by atoms with Gasteiger partial charge in [0.1, 0.15) is 0 Å². The first kappa shape index (κ1) is 14.5. The van der Waals surface area contributed by atoms with Gasteiger partial charge >= 0.3 is 5.97 Å². The first-order chi connectivity index (χ1) is 7.20. The second kappa shape index (κ2) is 10.0. The van der Waals surface area contributed by atoms with Gasteiger partial charge in [-0.3, -0.25) is 4.79 Å². The number of hydrogen-bond donors (Lipinski definition) is 0. The summed E-state index contributed by atoms with van der Waals surface area (Å²) in [6, 6.07) is 0. The van der Waals surface area contributed by atoms with E-state index in [4.69, 9.17) is 4.74 Å². The maximum atomic E-state index is 10.7. The molecule has 0 saturated heterocycles. The summed E-state index contributed by atoms with van der Waals surface area (Å²) >= 11 is 0. The van der Waals surface area contributed by atoms with Crippen LogP contribution in [0, 0.1) is 5.92 Å². The van der Waals surface area contributed by atoms with Crippen molar-refractivity contribution in [1.29, 1.82) is 0 Å². The van der Waals surface area contributed by atoms with Gasteiger partial charge in [0, 0.05) is 6.92 Å². The van der Waals surface area contributed by atoms with E-state index in [1.165, 1.54) is 51.9 Å². The van der Waals surface area contributed by atoms with Gasteiger partial charge in [-0.15, -0.1) is 0 Å². The largest absolute Gasteiger partial charge is 0.466 e. The van der Waals surface area contributed by atoms with Gasteiger partial charge in [-0.05, 0) is 18.8 Å². The molecular weight excluding hydrogens is 188 g/mol. The molecule has 1 atom stereocenters. The maximum absolute atomic E-state index is 10.7. The lowest BCUT2D eigenvalue weighted by Gasteiger charge is -2.15. The normalized spacial score (nSPS) is 12.5. The first-order valence-electron chi connectivity index (χ1n) is 6.34. The standard InChI is InChI=1S/C13H26O2/c1-4-6-8-10-13(9-7-5-2)11-15-12(3)14/h13H,4-11H2,1-3H3. The van der Waals surface area contributed by atoms with E-state index in [1.54, 1.807) is 0 Å². The zero-order valence-electron chi connectivity index (χ0n) is 10.6. The molecule has 0 aliphatic rings. The second-order valence-electron chi connectivity index (χ2n) is 4.31. The highest BCUT2D eigenvalue weighted by molar-refractivity contribution is 5.65. The SMILES string of the molecule is CCCCCC(CCCC)COC(C)=O. The minimum Gasteiger partial charge on any atom is -0.466 e. The molecule has 0 saturated carbocycles. The van der Waals surface area contributed by atoms with Crippen molar-refractivity contribution in [3.63, 3.8) is 0 Å². The molecule has 1 unspecified atom stereocenters. The highest BCUT2D eigenvalue weighted by Gasteiger charge is 2.09. The van der Waals surface area contributed by atoms with Gasteiger partial charge in [0.2, 0.25) is 0 Å². The van der Waals surface area contributed by atoms with Gasteiger partial charge in [-0.1, -0.05) is 46.0 Å². The molecule has 0 amide bonds. The molecular formula is C13H26O2. The fourth-order valence-corrected chi connectivity index (χ4v) is 1.72. The Labute approximate surface area is 94.4 Å². The Morgan fingerprint density at radius 1 is 1.07 bits per heavy atom. The maximum Gasteiger partial charge on any atom is 0.302 e. The van der Waals surface area contributed by atoms with Crippen LogP contribution in [0.3, 0.4) is 0 Å². The highest BCUT2D eigenvalue weighted by atomic mass is 16.5. The number of unbranched alkanes of at least 4 members (excludes halogenated alkanes) is 3. The summed E-state index contributed by atoms with van der Waals surface area (Å²) in [5, 5.41) is 0. The Morgan fingerprint density at radius 2 is 1.67 bits per heavy atom. The Bertz CT molecular complexity index is 155. The smallest absolute Gasteiger partial charge is 0.302 e. The summed E-state index contributed by atoms with van der Waals surface area (Å²) in [6.07, 6.45) is 8.71. The third kappa shape index (κ3) is 9.77. The van der Waals surface area contributed by atoms with E-state index in [0.717, 1.165) is 0 Å². The molecule has 0 aromatic heterocycles. The van der Waals surface area contributed by atoms with Crippen LogP contribution in [-0.4, -0.2) is 12.6 Å². The summed E-state index contributed by atoms with van der Waals surface area (Å²) in [5.41, 5.74) is 0. The topological polar surface area (TPSA) is 26.3 Å². The van der Waals surface area contributed by atoms with E-state index in [1.807, 2.05) is 0 Å². The molecule has 0 bridgehead atoms. The fraction of sp³-hybridized carbons (Fsp3) is 0.923. The quantitative estimate of drug-likeness (QED) is 0.429. The van der Waals surface area contributed by atoms with E-state index >= 15 is 0 Å². The molecule has 0 rings (SSSR count). The summed E-state index contributed by atoms with van der Waals surface area (Å²) < 4.78 is 5.09. The molecule has 0 aliphatic carbocycles. The average molecular weight is 214 g/mol. The van der Waals surface area contributed by atoms with Crippen LogP contribution >= 0.6 is 0 Å². The van der Waals surface area contributed by atoms with Crippen LogP contribution in [-0.2, 0) is 9.53 Å². The summed E-state index contributed by atoms with van der Waals surface area (Å²) in [5.74, 6) is 0.437. The lowest BCUT2D eigenvalue weighted by Crippen LogP contribution is -2.12. The molecule has 0 radical (unpaired) electrons. The predicted octanol–water partition coefficient (Wildman–Crippen LogP) is 3.94. The molecule has 0 aliphatic heterocycles. The zero-order valence-corrected chi connectivity index (χ0v) is 10.6. The van der Waals surface area contributed by atoms with Crippen LogP contribution in [0.25, 0.3) is 0 Å². The number of hydrogen-bond acceptors (Lipinski definition) is 2. The number of carbonyl (C=O) groups is 1. The van der Waals surface area contributed by atoms with Crippen molar-refractivity contribution < 1.29 is 9.53 Å². The van der Waals surface area contributed by atoms with Gasteiger partial charge in [0.25, 0.3) is 0 Å². The van der Waals surface area contributed by atoms with Crippen LogP contribution < -0.4 is 0 Å². The van der Waals surface area contributed by atoms with E-state index in [2.05, 4.69) is 13.8 Å². The Kier molecular flexibility index (Phi) is 9.65. The Morgan fingerprint density at radius 3 is 2.20 bits per heavy atom. The van der Waals surface area contributed by atoms with Crippen LogP contribution in [0.4, 0.5) is 0 Å². The number of esters is 1. The van der Waals surface area contributed by atoms with Crippen molar-refractivity contribution in [2.45, 2.75) is 65.7 Å². The molecule has 0 aromatic rings. The first-order valence-corrected chi connectivity index (χ1v) is 6.34. The monoisotopic (exact) mass is 214 g/mol. The fourth-order valence-electron chi connectivity index (χ4n) is 1.72.